The Balaban J connectivity index is 1.68. The summed E-state index contributed by atoms with van der Waals surface area (Å²) in [7, 11) is -1.79. The number of carboxylic acids is 1. The number of aliphatic carboxylic acids is 1. The Kier molecular flexibility index (Phi) is 8.52. The molecule has 0 saturated carbocycles. The first-order chi connectivity index (χ1) is 16.0. The van der Waals surface area contributed by atoms with Gasteiger partial charge in [0.1, 0.15) is 0 Å². The number of hydrogen-bond acceptors (Lipinski definition) is 3. The molecule has 0 aliphatic carbocycles. The number of nitrogens with one attached hydrogen (secondary N) is 1. The van der Waals surface area contributed by atoms with Crippen LogP contribution >= 0.6 is 0 Å². The Labute approximate surface area is 204 Å². The fourth-order valence-corrected chi connectivity index (χ4v) is 4.73. The lowest BCUT2D eigenvalue weighted by molar-refractivity contribution is -0.131. The van der Waals surface area contributed by atoms with Gasteiger partial charge in [0.05, 0.1) is 0 Å². The molecule has 6 heteroatoms. The SMILES string of the molecule is CC(C)(C)[Si](C)(C)OCCN(CCc1c[nH]c2ccccc12)Cc1ccc(/C=C/C(=O)O)cc1. The minimum absolute atomic E-state index is 0.196. The number of aromatic amines is 1. The number of rotatable bonds is 11. The van der Waals surface area contributed by atoms with E-state index >= 15 is 0 Å². The second-order valence-electron chi connectivity index (χ2n) is 10.4. The van der Waals surface area contributed by atoms with Crippen molar-refractivity contribution in [2.45, 2.75) is 51.9 Å². The fourth-order valence-electron chi connectivity index (χ4n) is 3.69. The van der Waals surface area contributed by atoms with Crippen molar-refractivity contribution in [3.05, 3.63) is 77.5 Å². The van der Waals surface area contributed by atoms with Crippen molar-refractivity contribution >= 4 is 31.3 Å². The first-order valence-electron chi connectivity index (χ1n) is 12.0. The van der Waals surface area contributed by atoms with E-state index in [9.17, 15) is 4.79 Å². The van der Waals surface area contributed by atoms with Crippen LogP contribution in [0.2, 0.25) is 18.1 Å². The van der Waals surface area contributed by atoms with Crippen LogP contribution < -0.4 is 0 Å². The fraction of sp³-hybridized carbons (Fsp3) is 0.393. The number of nitrogens with zero attached hydrogens (tertiary/aromatic N) is 1. The monoisotopic (exact) mass is 478 g/mol. The van der Waals surface area contributed by atoms with Gasteiger partial charge in [-0.15, -0.1) is 0 Å². The molecule has 0 aliphatic heterocycles. The number of para-hydroxylation sites is 1. The van der Waals surface area contributed by atoms with Crippen LogP contribution in [0.25, 0.3) is 17.0 Å². The summed E-state index contributed by atoms with van der Waals surface area (Å²) in [6.07, 6.45) is 5.87. The van der Waals surface area contributed by atoms with E-state index in [-0.39, 0.29) is 5.04 Å². The highest BCUT2D eigenvalue weighted by Crippen LogP contribution is 2.36. The molecule has 2 aromatic carbocycles. The number of benzene rings is 2. The molecule has 0 fully saturated rings. The van der Waals surface area contributed by atoms with Crippen LogP contribution in [0.3, 0.4) is 0 Å². The molecule has 0 spiro atoms. The summed E-state index contributed by atoms with van der Waals surface area (Å²) in [5.74, 6) is -0.936. The third-order valence-corrected chi connectivity index (χ3v) is 11.4. The maximum Gasteiger partial charge on any atom is 0.328 e. The van der Waals surface area contributed by atoms with E-state index in [0.717, 1.165) is 38.2 Å². The van der Waals surface area contributed by atoms with Gasteiger partial charge in [0.15, 0.2) is 8.32 Å². The lowest BCUT2D eigenvalue weighted by Crippen LogP contribution is -2.43. The summed E-state index contributed by atoms with van der Waals surface area (Å²) in [4.78, 5) is 16.6. The van der Waals surface area contributed by atoms with Crippen LogP contribution in [0, 0.1) is 0 Å². The van der Waals surface area contributed by atoms with E-state index in [0.29, 0.717) is 0 Å². The van der Waals surface area contributed by atoms with Crippen molar-refractivity contribution in [2.24, 2.45) is 0 Å². The summed E-state index contributed by atoms with van der Waals surface area (Å²) in [5, 5.41) is 10.3. The van der Waals surface area contributed by atoms with Gasteiger partial charge in [-0.25, -0.2) is 4.79 Å². The Bertz CT molecular complexity index is 1110. The number of fused-ring (bicyclic) bond motifs is 1. The zero-order chi connectivity index (χ0) is 24.8. The van der Waals surface area contributed by atoms with Crippen molar-refractivity contribution in [2.75, 3.05) is 19.7 Å². The highest BCUT2D eigenvalue weighted by Gasteiger charge is 2.36. The minimum Gasteiger partial charge on any atom is -0.478 e. The Morgan fingerprint density at radius 1 is 1.09 bits per heavy atom. The molecular formula is C28H38N2O3Si. The summed E-state index contributed by atoms with van der Waals surface area (Å²) in [5.41, 5.74) is 4.60. The normalized spacial score (nSPS) is 12.8. The molecule has 0 atom stereocenters. The Morgan fingerprint density at radius 2 is 1.79 bits per heavy atom. The third kappa shape index (κ3) is 7.16. The Hall–Kier alpha value is -2.67. The molecule has 34 heavy (non-hydrogen) atoms. The van der Waals surface area contributed by atoms with E-state index in [1.165, 1.54) is 28.1 Å². The number of H-pyrrole nitrogens is 1. The number of carboxylic acid groups (broad SMARTS) is 1. The molecule has 1 heterocycles. The molecule has 182 valence electrons. The predicted octanol–water partition coefficient (Wildman–Crippen LogP) is 6.33. The number of aromatic nitrogens is 1. The van der Waals surface area contributed by atoms with Gasteiger partial charge in [-0.1, -0.05) is 63.2 Å². The molecule has 0 unspecified atom stereocenters. The Morgan fingerprint density at radius 3 is 2.47 bits per heavy atom. The zero-order valence-corrected chi connectivity index (χ0v) is 22.1. The molecule has 0 bridgehead atoms. The van der Waals surface area contributed by atoms with Crippen molar-refractivity contribution in [1.82, 2.24) is 9.88 Å². The molecule has 0 amide bonds. The van der Waals surface area contributed by atoms with E-state index in [2.05, 4.69) is 86.3 Å². The average molecular weight is 479 g/mol. The van der Waals surface area contributed by atoms with Gasteiger partial charge in [0.2, 0.25) is 0 Å². The molecule has 2 N–H and O–H groups in total. The van der Waals surface area contributed by atoms with Gasteiger partial charge in [0.25, 0.3) is 0 Å². The topological polar surface area (TPSA) is 65.6 Å². The summed E-state index contributed by atoms with van der Waals surface area (Å²) >= 11 is 0. The van der Waals surface area contributed by atoms with Gasteiger partial charge in [0, 0.05) is 49.4 Å². The zero-order valence-electron chi connectivity index (χ0n) is 21.1. The highest BCUT2D eigenvalue weighted by atomic mass is 28.4. The van der Waals surface area contributed by atoms with Crippen molar-refractivity contribution in [3.63, 3.8) is 0 Å². The first-order valence-corrected chi connectivity index (χ1v) is 14.9. The quantitative estimate of drug-likeness (QED) is 0.250. The molecule has 5 nitrogen and oxygen atoms in total. The first kappa shape index (κ1) is 25.9. The average Bonchev–Trinajstić information content (AvgIpc) is 3.19. The summed E-state index contributed by atoms with van der Waals surface area (Å²) in [6, 6.07) is 16.5. The maximum atomic E-state index is 10.8. The van der Waals surface area contributed by atoms with Crippen molar-refractivity contribution in [3.8, 4) is 0 Å². The smallest absolute Gasteiger partial charge is 0.328 e. The molecule has 0 radical (unpaired) electrons. The molecule has 0 aliphatic rings. The van der Waals surface area contributed by atoms with Crippen LogP contribution in [0.15, 0.2) is 60.8 Å². The molecule has 0 saturated heterocycles. The van der Waals surface area contributed by atoms with Crippen molar-refractivity contribution < 1.29 is 14.3 Å². The lowest BCUT2D eigenvalue weighted by atomic mass is 10.1. The van der Waals surface area contributed by atoms with E-state index in [4.69, 9.17) is 9.53 Å². The number of carbonyl (C=O) groups is 1. The van der Waals surface area contributed by atoms with Crippen LogP contribution in [-0.2, 0) is 22.2 Å². The van der Waals surface area contributed by atoms with Gasteiger partial charge in [-0.05, 0) is 53.4 Å². The van der Waals surface area contributed by atoms with Crippen LogP contribution in [0.1, 0.15) is 37.5 Å². The third-order valence-electron chi connectivity index (χ3n) is 6.85. The molecule has 1 aromatic heterocycles. The largest absolute Gasteiger partial charge is 0.478 e. The van der Waals surface area contributed by atoms with Crippen LogP contribution in [0.4, 0.5) is 0 Å². The predicted molar refractivity (Wildman–Crippen MR) is 144 cm³/mol. The number of hydrogen-bond donors (Lipinski definition) is 2. The van der Waals surface area contributed by atoms with E-state index in [1.807, 2.05) is 12.1 Å². The second kappa shape index (κ2) is 11.2. The highest BCUT2D eigenvalue weighted by molar-refractivity contribution is 6.74. The molecule has 3 rings (SSSR count). The maximum absolute atomic E-state index is 10.8. The van der Waals surface area contributed by atoms with E-state index in [1.54, 1.807) is 6.08 Å². The van der Waals surface area contributed by atoms with Gasteiger partial charge in [-0.2, -0.15) is 0 Å². The van der Waals surface area contributed by atoms with Crippen LogP contribution in [-0.4, -0.2) is 49.0 Å². The van der Waals surface area contributed by atoms with Crippen LogP contribution in [0.5, 0.6) is 0 Å². The second-order valence-corrected chi connectivity index (χ2v) is 15.2. The molecule has 3 aromatic rings. The summed E-state index contributed by atoms with van der Waals surface area (Å²) in [6.45, 7) is 14.8. The van der Waals surface area contributed by atoms with E-state index < -0.39 is 14.3 Å². The van der Waals surface area contributed by atoms with Gasteiger partial charge < -0.3 is 14.5 Å². The minimum atomic E-state index is -1.79. The summed E-state index contributed by atoms with van der Waals surface area (Å²) < 4.78 is 6.47. The van der Waals surface area contributed by atoms with Gasteiger partial charge in [-0.3, -0.25) is 4.90 Å². The standard InChI is InChI=1S/C28H38N2O3Si/c1-28(2,3)34(4,5)33-19-18-30(17-16-24-20-29-26-9-7-6-8-25(24)26)21-23-12-10-22(11-13-23)14-15-27(31)32/h6-15,20,29H,16-19,21H2,1-5H3,(H,31,32)/b15-14+. The van der Waals surface area contributed by atoms with Gasteiger partial charge >= 0.3 is 5.97 Å². The van der Waals surface area contributed by atoms with Crippen molar-refractivity contribution in [1.29, 1.82) is 0 Å². The lowest BCUT2D eigenvalue weighted by Gasteiger charge is -2.37. The molecular weight excluding hydrogens is 440 g/mol.